The molecule has 0 spiro atoms. The second-order valence-electron chi connectivity index (χ2n) is 14.9. The van der Waals surface area contributed by atoms with Crippen molar-refractivity contribution in [2.24, 2.45) is 22.7 Å². The van der Waals surface area contributed by atoms with Gasteiger partial charge in [-0.1, -0.05) is 19.1 Å². The number of rotatable bonds is 7. The molecule has 2 saturated carbocycles. The lowest BCUT2D eigenvalue weighted by Crippen LogP contribution is -2.72. The molecule has 1 amide bonds. The molecule has 3 aliphatic rings. The number of ether oxygens (including phenoxy) is 3. The Labute approximate surface area is 306 Å². The van der Waals surface area contributed by atoms with Crippen molar-refractivity contribution in [3.05, 3.63) is 112 Å². The maximum Gasteiger partial charge on any atom is 0.345 e. The van der Waals surface area contributed by atoms with Crippen LogP contribution in [0.1, 0.15) is 73.2 Å². The van der Waals surface area contributed by atoms with E-state index < -0.39 is 64.1 Å². The number of nitriles is 1. The highest BCUT2D eigenvalue weighted by Crippen LogP contribution is 2.67. The number of aromatic nitrogens is 1. The molecule has 0 radical (unpaired) electrons. The zero-order valence-corrected chi connectivity index (χ0v) is 29.9. The highest BCUT2D eigenvalue weighted by Gasteiger charge is 2.71. The Kier molecular flexibility index (Phi) is 9.12. The molecule has 2 fully saturated rings. The van der Waals surface area contributed by atoms with Crippen molar-refractivity contribution >= 4 is 11.9 Å². The number of carbonyl (C=O) groups is 2. The van der Waals surface area contributed by atoms with Gasteiger partial charge >= 0.3 is 11.6 Å². The molecular weight excluding hydrogens is 678 g/mol. The normalized spacial score (nSPS) is 29.9. The van der Waals surface area contributed by atoms with Crippen LogP contribution in [0.5, 0.6) is 11.5 Å². The van der Waals surface area contributed by atoms with E-state index in [9.17, 15) is 29.9 Å². The molecule has 2 aromatic carbocycles. The third-order valence-corrected chi connectivity index (χ3v) is 12.0. The van der Waals surface area contributed by atoms with Crippen molar-refractivity contribution in [1.29, 1.82) is 5.26 Å². The van der Waals surface area contributed by atoms with Crippen molar-refractivity contribution in [1.82, 2.24) is 10.3 Å². The SMILES string of the molecule is COc1ccc(CNC(=O)[C@@]2(C)C3C[C@H](OC(=O)c4ccc(C#N)cc4)[C@@]4(C)Oc5cc(-c6cccnc6)oc(=O)c5[C@H](O)C4[C@@]3(C)CC[C@@H]2O)cc1. The number of methoxy groups -OCH3 is 1. The number of amides is 1. The number of carbonyl (C=O) groups excluding carboxylic acids is 2. The summed E-state index contributed by atoms with van der Waals surface area (Å²) in [6, 6.07) is 20.3. The van der Waals surface area contributed by atoms with E-state index in [1.54, 1.807) is 51.4 Å². The third-order valence-electron chi connectivity index (χ3n) is 12.0. The predicted octanol–water partition coefficient (Wildman–Crippen LogP) is 5.11. The molecule has 4 aromatic rings. The fourth-order valence-electron chi connectivity index (χ4n) is 9.19. The fourth-order valence-corrected chi connectivity index (χ4v) is 9.19. The molecule has 7 rings (SSSR count). The average Bonchev–Trinajstić information content (AvgIpc) is 3.16. The van der Waals surface area contributed by atoms with Gasteiger partial charge in [-0.05, 0) is 98.5 Å². The van der Waals surface area contributed by atoms with Crippen molar-refractivity contribution in [3.63, 3.8) is 0 Å². The monoisotopic (exact) mass is 719 g/mol. The summed E-state index contributed by atoms with van der Waals surface area (Å²) in [5.41, 5.74) is -2.69. The van der Waals surface area contributed by atoms with Gasteiger partial charge in [0.05, 0.1) is 41.9 Å². The molecule has 53 heavy (non-hydrogen) atoms. The number of aliphatic hydroxyl groups excluding tert-OH is 2. The first-order valence-electron chi connectivity index (χ1n) is 17.6. The minimum Gasteiger partial charge on any atom is -0.497 e. The number of pyridine rings is 1. The Balaban J connectivity index is 1.31. The number of fused-ring (bicyclic) bond motifs is 4. The molecule has 2 aliphatic carbocycles. The molecule has 12 nitrogen and oxygen atoms in total. The quantitative estimate of drug-likeness (QED) is 0.216. The smallest absolute Gasteiger partial charge is 0.345 e. The molecule has 8 atom stereocenters. The molecule has 0 bridgehead atoms. The Morgan fingerprint density at radius 2 is 1.81 bits per heavy atom. The van der Waals surface area contributed by atoms with Gasteiger partial charge in [0.25, 0.3) is 0 Å². The number of hydrogen-bond acceptors (Lipinski definition) is 11. The van der Waals surface area contributed by atoms with Crippen LogP contribution < -0.4 is 20.4 Å². The van der Waals surface area contributed by atoms with Gasteiger partial charge < -0.3 is 34.2 Å². The van der Waals surface area contributed by atoms with E-state index in [0.29, 0.717) is 23.3 Å². The van der Waals surface area contributed by atoms with Gasteiger partial charge in [-0.2, -0.15) is 5.26 Å². The van der Waals surface area contributed by atoms with Crippen molar-refractivity contribution < 1.29 is 38.4 Å². The van der Waals surface area contributed by atoms with Gasteiger partial charge in [0.15, 0.2) is 0 Å². The topological polar surface area (TPSA) is 181 Å². The van der Waals surface area contributed by atoms with Crippen LogP contribution in [0.25, 0.3) is 11.3 Å². The van der Waals surface area contributed by atoms with Crippen LogP contribution in [0, 0.1) is 34.0 Å². The summed E-state index contributed by atoms with van der Waals surface area (Å²) in [6.07, 6.45) is 0.244. The van der Waals surface area contributed by atoms with Crippen molar-refractivity contribution in [2.75, 3.05) is 7.11 Å². The second-order valence-corrected chi connectivity index (χ2v) is 14.9. The summed E-state index contributed by atoms with van der Waals surface area (Å²) in [5.74, 6) is -1.70. The lowest BCUT2D eigenvalue weighted by atomic mass is 9.42. The van der Waals surface area contributed by atoms with Gasteiger partial charge in [-0.25, -0.2) is 9.59 Å². The van der Waals surface area contributed by atoms with Gasteiger partial charge in [-0.15, -0.1) is 0 Å². The summed E-state index contributed by atoms with van der Waals surface area (Å²) >= 11 is 0. The number of aliphatic hydroxyl groups is 2. The number of hydrogen-bond donors (Lipinski definition) is 3. The Hall–Kier alpha value is -5.51. The van der Waals surface area contributed by atoms with E-state index in [2.05, 4.69) is 10.3 Å². The first kappa shape index (κ1) is 35.9. The van der Waals surface area contributed by atoms with Gasteiger partial charge in [0, 0.05) is 36.5 Å². The first-order chi connectivity index (χ1) is 25.3. The summed E-state index contributed by atoms with van der Waals surface area (Å²) in [7, 11) is 1.57. The lowest BCUT2D eigenvalue weighted by Gasteiger charge is -2.66. The number of benzene rings is 2. The number of esters is 1. The third kappa shape index (κ3) is 5.94. The molecule has 12 heteroatoms. The lowest BCUT2D eigenvalue weighted by molar-refractivity contribution is -0.256. The van der Waals surface area contributed by atoms with Crippen LogP contribution in [0.4, 0.5) is 0 Å². The van der Waals surface area contributed by atoms with Gasteiger partial charge in [0.1, 0.15) is 34.5 Å². The number of nitrogens with one attached hydrogen (secondary N) is 1. The molecular formula is C41H41N3O9. The molecule has 3 N–H and O–H groups in total. The summed E-state index contributed by atoms with van der Waals surface area (Å²) in [4.78, 5) is 46.0. The average molecular weight is 720 g/mol. The highest BCUT2D eigenvalue weighted by atomic mass is 16.6. The zero-order chi connectivity index (χ0) is 37.7. The van der Waals surface area contributed by atoms with Crippen LogP contribution in [0.15, 0.2) is 88.3 Å². The Bertz CT molecular complexity index is 2130. The van der Waals surface area contributed by atoms with E-state index in [1.807, 2.05) is 25.1 Å². The van der Waals surface area contributed by atoms with E-state index in [0.717, 1.165) is 5.56 Å². The maximum atomic E-state index is 14.4. The molecule has 0 saturated heterocycles. The summed E-state index contributed by atoms with van der Waals surface area (Å²) < 4.78 is 24.0. The van der Waals surface area contributed by atoms with E-state index >= 15 is 0 Å². The molecule has 1 aliphatic heterocycles. The standard InChI is InChI=1S/C41H41N3O9/c1-39-16-15-31(45)40(2,38(49)44-21-24-9-13-27(50-4)14-10-24)30(39)19-32(52-36(47)25-11-7-23(20-42)8-12-25)41(3)35(39)34(46)33-29(53-41)18-28(51-37(33)48)26-6-5-17-43-22-26/h5-14,17-18,22,30-32,34-35,45-46H,15-16,19,21H2,1-4H3,(H,44,49)/t30?,31-,32-,34-,35?,39-,40-,41+/m0/s1. The summed E-state index contributed by atoms with van der Waals surface area (Å²) in [5, 5.41) is 36.4. The van der Waals surface area contributed by atoms with Crippen molar-refractivity contribution in [2.45, 2.75) is 70.5 Å². The van der Waals surface area contributed by atoms with Crippen LogP contribution in [-0.4, -0.2) is 52.0 Å². The fraction of sp³-hybridized carbons (Fsp3) is 0.390. The number of nitrogens with zero attached hydrogens (tertiary/aromatic N) is 2. The van der Waals surface area contributed by atoms with Crippen LogP contribution in [0.3, 0.4) is 0 Å². The minimum absolute atomic E-state index is 0.0732. The largest absolute Gasteiger partial charge is 0.497 e. The predicted molar refractivity (Wildman–Crippen MR) is 190 cm³/mol. The Morgan fingerprint density at radius 1 is 1.08 bits per heavy atom. The Morgan fingerprint density at radius 3 is 2.47 bits per heavy atom. The van der Waals surface area contributed by atoms with Gasteiger partial charge in [-0.3, -0.25) is 9.78 Å². The molecule has 3 heterocycles. The van der Waals surface area contributed by atoms with E-state index in [-0.39, 0.29) is 42.0 Å². The van der Waals surface area contributed by atoms with Crippen LogP contribution in [-0.2, 0) is 16.1 Å². The summed E-state index contributed by atoms with van der Waals surface area (Å²) in [6.45, 7) is 5.60. The molecule has 2 aromatic heterocycles. The highest BCUT2D eigenvalue weighted by molar-refractivity contribution is 5.89. The minimum atomic E-state index is -1.45. The molecule has 274 valence electrons. The van der Waals surface area contributed by atoms with Crippen molar-refractivity contribution in [3.8, 4) is 28.9 Å². The van der Waals surface area contributed by atoms with Crippen LogP contribution >= 0.6 is 0 Å². The molecule has 2 unspecified atom stereocenters. The van der Waals surface area contributed by atoms with E-state index in [4.69, 9.17) is 18.6 Å². The first-order valence-corrected chi connectivity index (χ1v) is 17.6. The van der Waals surface area contributed by atoms with E-state index in [1.165, 1.54) is 36.5 Å². The van der Waals surface area contributed by atoms with Gasteiger partial charge in [0.2, 0.25) is 5.91 Å². The second kappa shape index (κ2) is 13.5. The van der Waals surface area contributed by atoms with Crippen LogP contribution in [0.2, 0.25) is 0 Å². The maximum absolute atomic E-state index is 14.4. The zero-order valence-electron chi connectivity index (χ0n) is 29.9.